The molecule has 1 N–H and O–H groups in total. The Morgan fingerprint density at radius 2 is 1.76 bits per heavy atom. The number of carbonyl (C=O) groups excluding carboxylic acids is 2. The summed E-state index contributed by atoms with van der Waals surface area (Å²) < 4.78 is 10.9. The molecule has 1 saturated heterocycles. The molecule has 3 aromatic rings. The Morgan fingerprint density at radius 1 is 1.03 bits per heavy atom. The number of hydrogen-bond donors (Lipinski definition) is 1. The smallest absolute Gasteiger partial charge is 0.296 e. The molecule has 1 aromatic heterocycles. The maximum atomic E-state index is 13.0. The van der Waals surface area contributed by atoms with Crippen molar-refractivity contribution >= 4 is 17.4 Å². The Hall–Kier alpha value is -3.80. The molecule has 2 heterocycles. The number of amides is 1. The topological polar surface area (TPSA) is 80.0 Å². The third-order valence-electron chi connectivity index (χ3n) is 4.93. The Kier molecular flexibility index (Phi) is 4.91. The molecule has 1 fully saturated rings. The number of carbonyl (C=O) groups is 2. The molecule has 0 unspecified atom stereocenters. The van der Waals surface area contributed by atoms with E-state index in [2.05, 4.69) is 0 Å². The number of methoxy groups -OCH3 is 1. The first kappa shape index (κ1) is 18.6. The average molecular weight is 389 g/mol. The van der Waals surface area contributed by atoms with Gasteiger partial charge in [-0.1, -0.05) is 48.5 Å². The van der Waals surface area contributed by atoms with E-state index < -0.39 is 17.7 Å². The number of benzene rings is 2. The van der Waals surface area contributed by atoms with Crippen molar-refractivity contribution in [3.63, 3.8) is 0 Å². The fourth-order valence-corrected chi connectivity index (χ4v) is 3.58. The summed E-state index contributed by atoms with van der Waals surface area (Å²) in [5, 5.41) is 11.0. The summed E-state index contributed by atoms with van der Waals surface area (Å²) in [6.45, 7) is 0.0891. The largest absolute Gasteiger partial charge is 0.507 e. The van der Waals surface area contributed by atoms with E-state index in [0.717, 1.165) is 0 Å². The first-order chi connectivity index (χ1) is 14.1. The van der Waals surface area contributed by atoms with E-state index in [4.69, 9.17) is 9.15 Å². The minimum Gasteiger partial charge on any atom is -0.507 e. The second-order valence-electron chi connectivity index (χ2n) is 6.61. The van der Waals surface area contributed by atoms with Crippen LogP contribution in [0, 0.1) is 0 Å². The highest BCUT2D eigenvalue weighted by Gasteiger charge is 2.47. The zero-order chi connectivity index (χ0) is 20.4. The van der Waals surface area contributed by atoms with E-state index in [1.807, 2.05) is 6.07 Å². The Balaban J connectivity index is 1.91. The van der Waals surface area contributed by atoms with Gasteiger partial charge in [0, 0.05) is 11.1 Å². The fourth-order valence-electron chi connectivity index (χ4n) is 3.58. The molecule has 0 radical (unpaired) electrons. The van der Waals surface area contributed by atoms with Crippen LogP contribution in [0.2, 0.25) is 0 Å². The zero-order valence-electron chi connectivity index (χ0n) is 15.7. The molecule has 6 heteroatoms. The Bertz CT molecular complexity index is 1070. The van der Waals surface area contributed by atoms with Crippen LogP contribution in [-0.2, 0) is 16.1 Å². The van der Waals surface area contributed by atoms with Gasteiger partial charge in [-0.05, 0) is 18.2 Å². The van der Waals surface area contributed by atoms with Crippen molar-refractivity contribution in [3.05, 3.63) is 95.5 Å². The van der Waals surface area contributed by atoms with Crippen LogP contribution in [0.3, 0.4) is 0 Å². The molecule has 2 aromatic carbocycles. The summed E-state index contributed by atoms with van der Waals surface area (Å²) in [6.07, 6.45) is 1.51. The van der Waals surface area contributed by atoms with Gasteiger partial charge in [0.1, 0.15) is 17.3 Å². The van der Waals surface area contributed by atoms with Gasteiger partial charge in [0.2, 0.25) is 0 Å². The summed E-state index contributed by atoms with van der Waals surface area (Å²) in [5.74, 6) is -0.611. The molecule has 1 aliphatic heterocycles. The van der Waals surface area contributed by atoms with Crippen LogP contribution in [0.25, 0.3) is 5.76 Å². The monoisotopic (exact) mass is 389 g/mol. The number of likely N-dealkylation sites (tertiary alicyclic amines) is 1. The number of aliphatic hydroxyl groups is 1. The lowest BCUT2D eigenvalue weighted by molar-refractivity contribution is -0.140. The molecule has 0 saturated carbocycles. The van der Waals surface area contributed by atoms with Crippen molar-refractivity contribution in [3.8, 4) is 5.75 Å². The first-order valence-electron chi connectivity index (χ1n) is 9.11. The van der Waals surface area contributed by atoms with Crippen LogP contribution in [0.1, 0.15) is 22.9 Å². The van der Waals surface area contributed by atoms with Crippen molar-refractivity contribution in [2.75, 3.05) is 7.11 Å². The van der Waals surface area contributed by atoms with Gasteiger partial charge in [-0.25, -0.2) is 0 Å². The van der Waals surface area contributed by atoms with Crippen molar-refractivity contribution in [1.82, 2.24) is 4.90 Å². The predicted octanol–water partition coefficient (Wildman–Crippen LogP) is 3.91. The van der Waals surface area contributed by atoms with Crippen LogP contribution in [-0.4, -0.2) is 28.8 Å². The standard InChI is InChI=1S/C23H19NO5/c1-28-18-12-6-5-11-17(18)20-19(21(25)15-8-3-2-4-9-15)22(26)23(27)24(20)14-16-10-7-13-29-16/h2-13,20,25H,14H2,1H3/t20-/m0/s1. The van der Waals surface area contributed by atoms with E-state index in [-0.39, 0.29) is 17.9 Å². The number of aliphatic hydroxyl groups excluding tert-OH is 1. The minimum atomic E-state index is -0.809. The molecule has 1 atom stereocenters. The van der Waals surface area contributed by atoms with E-state index in [0.29, 0.717) is 22.6 Å². The molecule has 4 rings (SSSR count). The molecule has 29 heavy (non-hydrogen) atoms. The van der Waals surface area contributed by atoms with E-state index in [1.54, 1.807) is 60.7 Å². The average Bonchev–Trinajstić information content (AvgIpc) is 3.36. The SMILES string of the molecule is COc1ccccc1[C@H]1C(=C(O)c2ccccc2)C(=O)C(=O)N1Cc1ccco1. The fraction of sp³-hybridized carbons (Fsp3) is 0.130. The van der Waals surface area contributed by atoms with Gasteiger partial charge >= 0.3 is 0 Å². The molecular weight excluding hydrogens is 370 g/mol. The Labute approximate surface area is 167 Å². The van der Waals surface area contributed by atoms with Crippen molar-refractivity contribution in [1.29, 1.82) is 0 Å². The summed E-state index contributed by atoms with van der Waals surface area (Å²) in [6, 6.07) is 18.5. The van der Waals surface area contributed by atoms with Crippen LogP contribution >= 0.6 is 0 Å². The second-order valence-corrected chi connectivity index (χ2v) is 6.61. The van der Waals surface area contributed by atoms with Gasteiger partial charge < -0.3 is 19.2 Å². The first-order valence-corrected chi connectivity index (χ1v) is 9.11. The molecule has 146 valence electrons. The highest BCUT2D eigenvalue weighted by Crippen LogP contribution is 2.43. The van der Waals surface area contributed by atoms with Crippen molar-refractivity contribution in [2.45, 2.75) is 12.6 Å². The number of furan rings is 1. The van der Waals surface area contributed by atoms with Gasteiger partial charge in [-0.3, -0.25) is 9.59 Å². The number of ketones is 1. The Morgan fingerprint density at radius 3 is 2.45 bits per heavy atom. The third-order valence-corrected chi connectivity index (χ3v) is 4.93. The molecule has 1 aliphatic rings. The summed E-state index contributed by atoms with van der Waals surface area (Å²) in [4.78, 5) is 27.3. The van der Waals surface area contributed by atoms with Gasteiger partial charge in [-0.15, -0.1) is 0 Å². The highest BCUT2D eigenvalue weighted by atomic mass is 16.5. The van der Waals surface area contributed by atoms with Crippen LogP contribution < -0.4 is 4.74 Å². The van der Waals surface area contributed by atoms with Gasteiger partial charge in [0.25, 0.3) is 11.7 Å². The molecule has 6 nitrogen and oxygen atoms in total. The van der Waals surface area contributed by atoms with Crippen molar-refractivity contribution < 1.29 is 23.8 Å². The summed E-state index contributed by atoms with van der Waals surface area (Å²) in [7, 11) is 1.52. The maximum Gasteiger partial charge on any atom is 0.296 e. The van der Waals surface area contributed by atoms with E-state index in [9.17, 15) is 14.7 Å². The second kappa shape index (κ2) is 7.67. The molecule has 0 spiro atoms. The van der Waals surface area contributed by atoms with Crippen LogP contribution in [0.5, 0.6) is 5.75 Å². The highest BCUT2D eigenvalue weighted by molar-refractivity contribution is 6.46. The zero-order valence-corrected chi connectivity index (χ0v) is 15.7. The number of Topliss-reactive ketones (excluding diaryl/α,β-unsaturated/α-hetero) is 1. The van der Waals surface area contributed by atoms with Gasteiger partial charge in [0.15, 0.2) is 0 Å². The van der Waals surface area contributed by atoms with Crippen LogP contribution in [0.15, 0.2) is 83.0 Å². The summed E-state index contributed by atoms with van der Waals surface area (Å²) >= 11 is 0. The summed E-state index contributed by atoms with van der Waals surface area (Å²) in [5.41, 5.74) is 1.10. The number of ether oxygens (including phenoxy) is 1. The lowest BCUT2D eigenvalue weighted by Gasteiger charge is -2.25. The third kappa shape index (κ3) is 3.29. The quantitative estimate of drug-likeness (QED) is 0.407. The normalized spacial score (nSPS) is 18.2. The van der Waals surface area contributed by atoms with Crippen LogP contribution in [0.4, 0.5) is 0 Å². The number of para-hydroxylation sites is 1. The van der Waals surface area contributed by atoms with Gasteiger partial charge in [-0.2, -0.15) is 0 Å². The lowest BCUT2D eigenvalue weighted by atomic mass is 9.94. The number of hydrogen-bond acceptors (Lipinski definition) is 5. The predicted molar refractivity (Wildman–Crippen MR) is 106 cm³/mol. The molecule has 0 bridgehead atoms. The van der Waals surface area contributed by atoms with E-state index >= 15 is 0 Å². The molecule has 1 amide bonds. The lowest BCUT2D eigenvalue weighted by Crippen LogP contribution is -2.29. The van der Waals surface area contributed by atoms with Gasteiger partial charge in [0.05, 0.1) is 31.5 Å². The van der Waals surface area contributed by atoms with Crippen molar-refractivity contribution in [2.24, 2.45) is 0 Å². The minimum absolute atomic E-state index is 0.0252. The van der Waals surface area contributed by atoms with E-state index in [1.165, 1.54) is 18.3 Å². The maximum absolute atomic E-state index is 13.0. The number of nitrogens with zero attached hydrogens (tertiary/aromatic N) is 1. The number of rotatable bonds is 5. The molecular formula is C23H19NO5. The molecule has 0 aliphatic carbocycles.